The highest BCUT2D eigenvalue weighted by atomic mass is 19.4. The number of nitrogens with one attached hydrogen (secondary N) is 2. The fourth-order valence-electron chi connectivity index (χ4n) is 2.61. The lowest BCUT2D eigenvalue weighted by Crippen LogP contribution is -2.35. The molecule has 1 aliphatic heterocycles. The maximum atomic E-state index is 12.4. The van der Waals surface area contributed by atoms with Crippen LogP contribution in [0.5, 0.6) is 5.75 Å². The molecule has 0 spiro atoms. The first-order valence-corrected chi connectivity index (χ1v) is 7.83. The zero-order valence-electron chi connectivity index (χ0n) is 13.5. The van der Waals surface area contributed by atoms with Crippen LogP contribution in [0.15, 0.2) is 48.5 Å². The molecule has 0 radical (unpaired) electrons. The van der Waals surface area contributed by atoms with Crippen LogP contribution >= 0.6 is 0 Å². The summed E-state index contributed by atoms with van der Waals surface area (Å²) < 4.78 is 42.4. The average molecular weight is 364 g/mol. The van der Waals surface area contributed by atoms with E-state index in [-0.39, 0.29) is 11.3 Å². The van der Waals surface area contributed by atoms with Crippen LogP contribution in [0.1, 0.15) is 15.9 Å². The van der Waals surface area contributed by atoms with Crippen molar-refractivity contribution in [2.45, 2.75) is 18.7 Å². The van der Waals surface area contributed by atoms with Crippen LogP contribution in [0.4, 0.5) is 18.9 Å². The molecule has 2 N–H and O–H groups in total. The Hall–Kier alpha value is -3.03. The Balaban J connectivity index is 1.69. The largest absolute Gasteiger partial charge is 0.480 e. The maximum Gasteiger partial charge on any atom is 0.405 e. The summed E-state index contributed by atoms with van der Waals surface area (Å²) in [5.41, 5.74) is 0.959. The van der Waals surface area contributed by atoms with Crippen LogP contribution in [0.25, 0.3) is 0 Å². The van der Waals surface area contributed by atoms with E-state index in [1.165, 1.54) is 18.2 Å². The molecule has 1 unspecified atom stereocenters. The molecular weight excluding hydrogens is 349 g/mol. The van der Waals surface area contributed by atoms with Crippen molar-refractivity contribution in [1.82, 2.24) is 5.32 Å². The molecule has 5 nitrogen and oxygen atoms in total. The first-order chi connectivity index (χ1) is 12.3. The molecule has 0 aromatic heterocycles. The molecule has 2 aromatic carbocycles. The highest BCUT2D eigenvalue weighted by Gasteiger charge is 2.30. The Morgan fingerprint density at radius 2 is 1.77 bits per heavy atom. The fraction of sp³-hybridized carbons (Fsp3) is 0.222. The van der Waals surface area contributed by atoms with Gasteiger partial charge in [-0.05, 0) is 23.8 Å². The minimum Gasteiger partial charge on any atom is -0.480 e. The van der Waals surface area contributed by atoms with Gasteiger partial charge in [-0.2, -0.15) is 13.2 Å². The Morgan fingerprint density at radius 3 is 2.50 bits per heavy atom. The number of ether oxygens (including phenoxy) is 1. The summed E-state index contributed by atoms with van der Waals surface area (Å²) in [6.45, 7) is -1.45. The SMILES string of the molecule is O=C(NCC(F)(F)F)c1ccccc1NC(=O)C1Cc2ccccc2O1. The Morgan fingerprint density at radius 1 is 1.08 bits per heavy atom. The van der Waals surface area contributed by atoms with Gasteiger partial charge in [0.25, 0.3) is 11.8 Å². The predicted molar refractivity (Wildman–Crippen MR) is 88.0 cm³/mol. The molecule has 0 fully saturated rings. The van der Waals surface area contributed by atoms with E-state index in [0.717, 1.165) is 5.56 Å². The first-order valence-electron chi connectivity index (χ1n) is 7.83. The lowest BCUT2D eigenvalue weighted by molar-refractivity contribution is -0.123. The van der Waals surface area contributed by atoms with Crippen LogP contribution < -0.4 is 15.4 Å². The van der Waals surface area contributed by atoms with E-state index in [0.29, 0.717) is 12.2 Å². The van der Waals surface area contributed by atoms with Gasteiger partial charge in [-0.3, -0.25) is 9.59 Å². The second-order valence-electron chi connectivity index (χ2n) is 5.75. The molecular formula is C18H15F3N2O3. The van der Waals surface area contributed by atoms with Crippen LogP contribution in [0.2, 0.25) is 0 Å². The van der Waals surface area contributed by atoms with E-state index in [9.17, 15) is 22.8 Å². The van der Waals surface area contributed by atoms with Gasteiger partial charge in [0, 0.05) is 6.42 Å². The number of amides is 2. The summed E-state index contributed by atoms with van der Waals surface area (Å²) in [7, 11) is 0. The smallest absolute Gasteiger partial charge is 0.405 e. The molecule has 0 saturated carbocycles. The normalized spacial score (nSPS) is 15.7. The van der Waals surface area contributed by atoms with Gasteiger partial charge in [-0.25, -0.2) is 0 Å². The van der Waals surface area contributed by atoms with E-state index in [1.807, 2.05) is 12.1 Å². The third-order valence-electron chi connectivity index (χ3n) is 3.82. The molecule has 0 aliphatic carbocycles. The maximum absolute atomic E-state index is 12.4. The quantitative estimate of drug-likeness (QED) is 0.877. The molecule has 0 bridgehead atoms. The van der Waals surface area contributed by atoms with Gasteiger partial charge in [0.2, 0.25) is 0 Å². The van der Waals surface area contributed by atoms with Gasteiger partial charge < -0.3 is 15.4 Å². The molecule has 26 heavy (non-hydrogen) atoms. The van der Waals surface area contributed by atoms with Crippen molar-refractivity contribution in [3.05, 3.63) is 59.7 Å². The van der Waals surface area contributed by atoms with Gasteiger partial charge in [-0.1, -0.05) is 30.3 Å². The zero-order valence-corrected chi connectivity index (χ0v) is 13.5. The average Bonchev–Trinajstić information content (AvgIpc) is 3.04. The lowest BCUT2D eigenvalue weighted by Gasteiger charge is -2.15. The van der Waals surface area contributed by atoms with Crippen molar-refractivity contribution in [3.63, 3.8) is 0 Å². The number of carbonyl (C=O) groups excluding carboxylic acids is 2. The van der Waals surface area contributed by atoms with E-state index in [1.54, 1.807) is 23.5 Å². The molecule has 1 heterocycles. The number of alkyl halides is 3. The number of anilines is 1. The Labute approximate surface area is 147 Å². The van der Waals surface area contributed by atoms with E-state index < -0.39 is 30.6 Å². The first kappa shape index (κ1) is 17.8. The van der Waals surface area contributed by atoms with Crippen molar-refractivity contribution >= 4 is 17.5 Å². The Kier molecular flexibility index (Phi) is 4.83. The van der Waals surface area contributed by atoms with Crippen molar-refractivity contribution in [3.8, 4) is 5.75 Å². The lowest BCUT2D eigenvalue weighted by atomic mass is 10.1. The van der Waals surface area contributed by atoms with E-state index >= 15 is 0 Å². The van der Waals surface area contributed by atoms with Crippen LogP contribution in [-0.2, 0) is 11.2 Å². The highest BCUT2D eigenvalue weighted by Crippen LogP contribution is 2.29. The minimum atomic E-state index is -4.52. The second kappa shape index (κ2) is 7.07. The number of carbonyl (C=O) groups is 2. The van der Waals surface area contributed by atoms with Gasteiger partial charge in [0.1, 0.15) is 12.3 Å². The van der Waals surface area contributed by atoms with Crippen LogP contribution in [-0.4, -0.2) is 30.6 Å². The predicted octanol–water partition coefficient (Wildman–Crippen LogP) is 2.92. The number of halogens is 3. The molecule has 3 rings (SSSR count). The van der Waals surface area contributed by atoms with Gasteiger partial charge in [0.15, 0.2) is 6.10 Å². The second-order valence-corrected chi connectivity index (χ2v) is 5.75. The summed E-state index contributed by atoms with van der Waals surface area (Å²) in [5.74, 6) is -0.782. The summed E-state index contributed by atoms with van der Waals surface area (Å²) >= 11 is 0. The number of hydrogen-bond donors (Lipinski definition) is 2. The highest BCUT2D eigenvalue weighted by molar-refractivity contribution is 6.04. The minimum absolute atomic E-state index is 0.0550. The number of rotatable bonds is 4. The zero-order chi connectivity index (χ0) is 18.7. The summed E-state index contributed by atoms with van der Waals surface area (Å²) in [5, 5.41) is 4.35. The molecule has 2 aromatic rings. The third kappa shape index (κ3) is 4.14. The van der Waals surface area contributed by atoms with Crippen molar-refractivity contribution in [2.24, 2.45) is 0 Å². The van der Waals surface area contributed by atoms with Gasteiger partial charge >= 0.3 is 6.18 Å². The Bertz CT molecular complexity index is 811. The fourth-order valence-corrected chi connectivity index (χ4v) is 2.61. The monoisotopic (exact) mass is 364 g/mol. The number of fused-ring (bicyclic) bond motifs is 1. The molecule has 2 amide bonds. The number of benzene rings is 2. The molecule has 0 saturated heterocycles. The summed E-state index contributed by atoms with van der Waals surface area (Å²) in [4.78, 5) is 24.4. The molecule has 1 aliphatic rings. The van der Waals surface area contributed by atoms with E-state index in [4.69, 9.17) is 4.74 Å². The molecule has 136 valence electrons. The van der Waals surface area contributed by atoms with Gasteiger partial charge in [-0.15, -0.1) is 0 Å². The topological polar surface area (TPSA) is 67.4 Å². The third-order valence-corrected chi connectivity index (χ3v) is 3.82. The van der Waals surface area contributed by atoms with Crippen molar-refractivity contribution < 1.29 is 27.5 Å². The van der Waals surface area contributed by atoms with Crippen LogP contribution in [0, 0.1) is 0 Å². The summed E-state index contributed by atoms with van der Waals surface area (Å²) in [6.07, 6.45) is -4.90. The molecule has 8 heteroatoms. The molecule has 1 atom stereocenters. The number of para-hydroxylation sites is 2. The van der Waals surface area contributed by atoms with Crippen molar-refractivity contribution in [1.29, 1.82) is 0 Å². The standard InChI is InChI=1S/C18H15F3N2O3/c19-18(20,21)10-22-16(24)12-6-2-3-7-13(12)23-17(25)15-9-11-5-1-4-8-14(11)26-15/h1-8,15H,9-10H2,(H,22,24)(H,23,25). The van der Waals surface area contributed by atoms with Gasteiger partial charge in [0.05, 0.1) is 11.3 Å². The van der Waals surface area contributed by atoms with Crippen molar-refractivity contribution in [2.75, 3.05) is 11.9 Å². The summed E-state index contributed by atoms with van der Waals surface area (Å²) in [6, 6.07) is 13.1. The number of hydrogen-bond acceptors (Lipinski definition) is 3. The van der Waals surface area contributed by atoms with E-state index in [2.05, 4.69) is 5.32 Å². The van der Waals surface area contributed by atoms with Crippen LogP contribution in [0.3, 0.4) is 0 Å².